The Balaban J connectivity index is 1.65. The predicted molar refractivity (Wildman–Crippen MR) is 116 cm³/mol. The van der Waals surface area contributed by atoms with Crippen LogP contribution < -0.4 is 0 Å². The second kappa shape index (κ2) is 9.05. The summed E-state index contributed by atoms with van der Waals surface area (Å²) in [5.41, 5.74) is 3.15. The molecular formula is C22H22BrNO4S. The summed E-state index contributed by atoms with van der Waals surface area (Å²) in [6.45, 7) is 3.63. The minimum absolute atomic E-state index is 0.182. The molecule has 152 valence electrons. The van der Waals surface area contributed by atoms with E-state index in [9.17, 15) is 13.2 Å². The Morgan fingerprint density at radius 2 is 1.86 bits per heavy atom. The quantitative estimate of drug-likeness (QED) is 0.465. The van der Waals surface area contributed by atoms with Gasteiger partial charge in [-0.1, -0.05) is 46.3 Å². The molecule has 0 saturated heterocycles. The minimum Gasteiger partial charge on any atom is -0.441 e. The van der Waals surface area contributed by atoms with Gasteiger partial charge < -0.3 is 4.42 Å². The Morgan fingerprint density at radius 1 is 1.10 bits per heavy atom. The normalized spacial score (nSPS) is 11.6. The van der Waals surface area contributed by atoms with Crippen molar-refractivity contribution in [3.05, 3.63) is 75.6 Å². The van der Waals surface area contributed by atoms with Gasteiger partial charge in [-0.15, -0.1) is 0 Å². The van der Waals surface area contributed by atoms with E-state index in [1.165, 1.54) is 0 Å². The van der Waals surface area contributed by atoms with Crippen molar-refractivity contribution < 1.29 is 17.6 Å². The van der Waals surface area contributed by atoms with Crippen molar-refractivity contribution in [2.24, 2.45) is 0 Å². The number of hydrogen-bond donors (Lipinski definition) is 0. The summed E-state index contributed by atoms with van der Waals surface area (Å²) >= 11 is 3.39. The van der Waals surface area contributed by atoms with Crippen molar-refractivity contribution in [2.75, 3.05) is 5.75 Å². The van der Waals surface area contributed by atoms with Gasteiger partial charge in [0.25, 0.3) is 0 Å². The molecule has 0 unspecified atom stereocenters. The number of aromatic nitrogens is 1. The molecule has 2 aromatic carbocycles. The largest absolute Gasteiger partial charge is 0.441 e. The van der Waals surface area contributed by atoms with E-state index in [1.54, 1.807) is 6.92 Å². The summed E-state index contributed by atoms with van der Waals surface area (Å²) in [6, 6.07) is 15.2. The van der Waals surface area contributed by atoms with Crippen molar-refractivity contribution in [3.63, 3.8) is 0 Å². The fourth-order valence-corrected chi connectivity index (χ4v) is 4.91. The van der Waals surface area contributed by atoms with Crippen molar-refractivity contribution in [2.45, 2.75) is 32.4 Å². The highest BCUT2D eigenvalue weighted by Crippen LogP contribution is 2.25. The minimum atomic E-state index is -3.63. The molecule has 0 radical (unpaired) electrons. The molecule has 0 bridgehead atoms. The molecule has 0 aliphatic heterocycles. The molecule has 5 nitrogen and oxygen atoms in total. The molecule has 0 aliphatic carbocycles. The Morgan fingerprint density at radius 3 is 2.59 bits per heavy atom. The lowest BCUT2D eigenvalue weighted by atomic mass is 10.1. The maximum atomic E-state index is 12.5. The van der Waals surface area contributed by atoms with Crippen LogP contribution in [0.3, 0.4) is 0 Å². The van der Waals surface area contributed by atoms with E-state index in [0.717, 1.165) is 21.2 Å². The van der Waals surface area contributed by atoms with Crippen LogP contribution in [0.4, 0.5) is 0 Å². The number of halogens is 1. The Labute approximate surface area is 179 Å². The van der Waals surface area contributed by atoms with Gasteiger partial charge in [0.15, 0.2) is 9.84 Å². The lowest BCUT2D eigenvalue weighted by molar-refractivity contribution is -0.116. The van der Waals surface area contributed by atoms with Crippen LogP contribution in [0, 0.1) is 13.8 Å². The summed E-state index contributed by atoms with van der Waals surface area (Å²) in [4.78, 5) is 16.6. The molecule has 0 amide bonds. The zero-order chi connectivity index (χ0) is 21.0. The average molecular weight is 476 g/mol. The van der Waals surface area contributed by atoms with E-state index in [-0.39, 0.29) is 18.0 Å². The van der Waals surface area contributed by atoms with Crippen LogP contribution in [0.1, 0.15) is 29.0 Å². The summed E-state index contributed by atoms with van der Waals surface area (Å²) in [6.07, 6.45) is 0.691. The van der Waals surface area contributed by atoms with E-state index in [0.29, 0.717) is 23.8 Å². The molecule has 0 aliphatic rings. The maximum Gasteiger partial charge on any atom is 0.226 e. The van der Waals surface area contributed by atoms with E-state index in [4.69, 9.17) is 4.42 Å². The topological polar surface area (TPSA) is 77.2 Å². The Bertz CT molecular complexity index is 1140. The highest BCUT2D eigenvalue weighted by molar-refractivity contribution is 9.10. The second-order valence-electron chi connectivity index (χ2n) is 7.04. The number of carbonyl (C=O) groups is 1. The number of benzene rings is 2. The molecule has 1 heterocycles. The van der Waals surface area contributed by atoms with E-state index < -0.39 is 15.6 Å². The van der Waals surface area contributed by atoms with Crippen molar-refractivity contribution in [1.82, 2.24) is 4.98 Å². The molecule has 0 atom stereocenters. The first-order valence-electron chi connectivity index (χ1n) is 9.22. The Hall–Kier alpha value is -2.25. The van der Waals surface area contributed by atoms with Crippen LogP contribution in [0.5, 0.6) is 0 Å². The van der Waals surface area contributed by atoms with Gasteiger partial charge in [-0.25, -0.2) is 13.4 Å². The number of aryl methyl sites for hydroxylation is 3. The molecule has 3 aromatic rings. The van der Waals surface area contributed by atoms with Crippen molar-refractivity contribution >= 4 is 31.6 Å². The molecule has 3 rings (SSSR count). The van der Waals surface area contributed by atoms with Gasteiger partial charge in [0.1, 0.15) is 17.3 Å². The van der Waals surface area contributed by atoms with Gasteiger partial charge in [-0.3, -0.25) is 4.79 Å². The lowest BCUT2D eigenvalue weighted by Crippen LogP contribution is -2.18. The standard InChI is InChI=1S/C22H22BrNO4S/c1-15-6-3-4-9-20(15)22-24-21(16(2)28-22)14-29(26,27)13-19(25)11-10-17-7-5-8-18(23)12-17/h3-9,12H,10-11,13-14H2,1-2H3. The lowest BCUT2D eigenvalue weighted by Gasteiger charge is -2.04. The number of ketones is 1. The summed E-state index contributed by atoms with van der Waals surface area (Å²) in [5.74, 6) is -0.255. The average Bonchev–Trinajstić information content (AvgIpc) is 2.99. The third-order valence-corrected chi connectivity index (χ3v) is 6.56. The SMILES string of the molecule is Cc1ccccc1-c1nc(CS(=O)(=O)CC(=O)CCc2cccc(Br)c2)c(C)o1. The summed E-state index contributed by atoms with van der Waals surface area (Å²) in [5, 5.41) is 0. The third-order valence-electron chi connectivity index (χ3n) is 4.59. The van der Waals surface area contributed by atoms with Gasteiger partial charge in [0, 0.05) is 16.5 Å². The van der Waals surface area contributed by atoms with E-state index in [2.05, 4.69) is 20.9 Å². The van der Waals surface area contributed by atoms with Crippen LogP contribution in [-0.4, -0.2) is 24.9 Å². The van der Waals surface area contributed by atoms with Gasteiger partial charge in [0.05, 0.1) is 11.4 Å². The molecule has 0 N–H and O–H groups in total. The zero-order valence-corrected chi connectivity index (χ0v) is 18.7. The highest BCUT2D eigenvalue weighted by atomic mass is 79.9. The smallest absolute Gasteiger partial charge is 0.226 e. The monoisotopic (exact) mass is 475 g/mol. The van der Waals surface area contributed by atoms with E-state index >= 15 is 0 Å². The Kier molecular flexibility index (Phi) is 6.70. The molecule has 0 fully saturated rings. The number of oxazole rings is 1. The number of rotatable bonds is 8. The summed E-state index contributed by atoms with van der Waals surface area (Å²) < 4.78 is 31.7. The van der Waals surface area contributed by atoms with Crippen LogP contribution in [0.2, 0.25) is 0 Å². The fourth-order valence-electron chi connectivity index (χ4n) is 3.04. The van der Waals surface area contributed by atoms with Crippen molar-refractivity contribution in [1.29, 1.82) is 0 Å². The number of hydrogen-bond acceptors (Lipinski definition) is 5. The van der Waals surface area contributed by atoms with Gasteiger partial charge in [0.2, 0.25) is 5.89 Å². The van der Waals surface area contributed by atoms with Gasteiger partial charge in [-0.2, -0.15) is 0 Å². The summed E-state index contributed by atoms with van der Waals surface area (Å²) in [7, 11) is -3.63. The highest BCUT2D eigenvalue weighted by Gasteiger charge is 2.22. The number of sulfone groups is 1. The maximum absolute atomic E-state index is 12.5. The van der Waals surface area contributed by atoms with Crippen LogP contribution in [0.15, 0.2) is 57.4 Å². The zero-order valence-electron chi connectivity index (χ0n) is 16.3. The van der Waals surface area contributed by atoms with Gasteiger partial charge >= 0.3 is 0 Å². The van der Waals surface area contributed by atoms with Crippen LogP contribution >= 0.6 is 15.9 Å². The molecule has 29 heavy (non-hydrogen) atoms. The predicted octanol–water partition coefficient (Wildman–Crippen LogP) is 4.84. The first kappa shape index (κ1) is 21.5. The van der Waals surface area contributed by atoms with Crippen LogP contribution in [-0.2, 0) is 26.8 Å². The van der Waals surface area contributed by atoms with Gasteiger partial charge in [-0.05, 0) is 49.6 Å². The van der Waals surface area contributed by atoms with Crippen molar-refractivity contribution in [3.8, 4) is 11.5 Å². The molecule has 7 heteroatoms. The number of Topliss-reactive ketones (excluding diaryl/α,β-unsaturated/α-hetero) is 1. The van der Waals surface area contributed by atoms with E-state index in [1.807, 2.05) is 55.5 Å². The fraction of sp³-hybridized carbons (Fsp3) is 0.273. The second-order valence-corrected chi connectivity index (χ2v) is 10.0. The number of nitrogens with zero attached hydrogens (tertiary/aromatic N) is 1. The number of carbonyl (C=O) groups excluding carboxylic acids is 1. The first-order chi connectivity index (χ1) is 13.7. The molecule has 1 aromatic heterocycles. The molecular weight excluding hydrogens is 454 g/mol. The molecule has 0 saturated carbocycles. The molecule has 0 spiro atoms. The third kappa shape index (κ3) is 5.87. The first-order valence-corrected chi connectivity index (χ1v) is 11.8. The van der Waals surface area contributed by atoms with Crippen LogP contribution in [0.25, 0.3) is 11.5 Å².